The van der Waals surface area contributed by atoms with Crippen LogP contribution < -0.4 is 0 Å². The van der Waals surface area contributed by atoms with Crippen LogP contribution in [0.15, 0.2) is 0 Å². The Bertz CT molecular complexity index is 140. The third-order valence-corrected chi connectivity index (χ3v) is 1.06. The molecule has 0 radical (unpaired) electrons. The number of carbonyl (C=O) groups is 2. The molecule has 0 unspecified atom stereocenters. The SMILES string of the molecule is COC(=O)OCCOC(=O)CCl. The van der Waals surface area contributed by atoms with Crippen molar-refractivity contribution in [2.45, 2.75) is 0 Å². The average Bonchev–Trinajstić information content (AvgIpc) is 2.11. The van der Waals surface area contributed by atoms with E-state index in [-0.39, 0.29) is 19.1 Å². The van der Waals surface area contributed by atoms with Crippen molar-refractivity contribution in [3.8, 4) is 0 Å². The zero-order valence-electron chi connectivity index (χ0n) is 6.54. The average molecular weight is 197 g/mol. The minimum Gasteiger partial charge on any atom is -0.461 e. The first-order valence-corrected chi connectivity index (χ1v) is 3.66. The van der Waals surface area contributed by atoms with E-state index in [4.69, 9.17) is 11.6 Å². The Morgan fingerprint density at radius 2 is 1.83 bits per heavy atom. The van der Waals surface area contributed by atoms with Gasteiger partial charge in [0.25, 0.3) is 0 Å². The number of esters is 1. The summed E-state index contributed by atoms with van der Waals surface area (Å²) in [7, 11) is 1.19. The first kappa shape index (κ1) is 11.0. The zero-order chi connectivity index (χ0) is 9.40. The monoisotopic (exact) mass is 196 g/mol. The van der Waals surface area contributed by atoms with Crippen LogP contribution in [0.2, 0.25) is 0 Å². The lowest BCUT2D eigenvalue weighted by molar-refractivity contribution is -0.141. The molecular formula is C6H9ClO5. The van der Waals surface area contributed by atoms with Crippen LogP contribution >= 0.6 is 11.6 Å². The van der Waals surface area contributed by atoms with Crippen molar-refractivity contribution < 1.29 is 23.8 Å². The second-order valence-electron chi connectivity index (χ2n) is 1.66. The van der Waals surface area contributed by atoms with Crippen molar-refractivity contribution in [2.24, 2.45) is 0 Å². The first-order valence-electron chi connectivity index (χ1n) is 3.13. The van der Waals surface area contributed by atoms with E-state index in [2.05, 4.69) is 14.2 Å². The Kier molecular flexibility index (Phi) is 6.18. The van der Waals surface area contributed by atoms with Crippen LogP contribution in [0.25, 0.3) is 0 Å². The molecule has 0 aromatic heterocycles. The van der Waals surface area contributed by atoms with Crippen LogP contribution in [0.5, 0.6) is 0 Å². The van der Waals surface area contributed by atoms with E-state index in [9.17, 15) is 9.59 Å². The summed E-state index contributed by atoms with van der Waals surface area (Å²) in [5, 5.41) is 0. The largest absolute Gasteiger partial charge is 0.508 e. The van der Waals surface area contributed by atoms with Crippen molar-refractivity contribution in [1.29, 1.82) is 0 Å². The molecule has 0 amide bonds. The van der Waals surface area contributed by atoms with Gasteiger partial charge in [-0.05, 0) is 0 Å². The number of carbonyl (C=O) groups excluding carboxylic acids is 2. The summed E-state index contributed by atoms with van der Waals surface area (Å²) in [5.41, 5.74) is 0. The molecule has 5 nitrogen and oxygen atoms in total. The Labute approximate surface area is 74.5 Å². The lowest BCUT2D eigenvalue weighted by Gasteiger charge is -2.02. The first-order chi connectivity index (χ1) is 5.70. The molecule has 0 N–H and O–H groups in total. The number of methoxy groups -OCH3 is 1. The van der Waals surface area contributed by atoms with E-state index in [0.717, 1.165) is 0 Å². The number of hydrogen-bond donors (Lipinski definition) is 0. The van der Waals surface area contributed by atoms with Crippen LogP contribution in [0, 0.1) is 0 Å². The van der Waals surface area contributed by atoms with E-state index in [1.54, 1.807) is 0 Å². The predicted molar refractivity (Wildman–Crippen MR) is 40.0 cm³/mol. The number of rotatable bonds is 4. The fourth-order valence-electron chi connectivity index (χ4n) is 0.378. The number of alkyl halides is 1. The standard InChI is InChI=1S/C6H9ClO5/c1-10-6(9)12-3-2-11-5(8)4-7/h2-4H2,1H3. The van der Waals surface area contributed by atoms with Gasteiger partial charge in [0, 0.05) is 0 Å². The number of halogens is 1. The maximum absolute atomic E-state index is 10.4. The third kappa shape index (κ3) is 5.79. The molecule has 0 aliphatic rings. The lowest BCUT2D eigenvalue weighted by atomic mass is 10.7. The summed E-state index contributed by atoms with van der Waals surface area (Å²) in [6.45, 7) is -0.0457. The predicted octanol–water partition coefficient (Wildman–Crippen LogP) is 0.551. The summed E-state index contributed by atoms with van der Waals surface area (Å²) >= 11 is 5.11. The molecule has 0 aromatic rings. The summed E-state index contributed by atoms with van der Waals surface area (Å²) in [6, 6.07) is 0. The van der Waals surface area contributed by atoms with Gasteiger partial charge in [0.05, 0.1) is 7.11 Å². The Balaban J connectivity index is 3.21. The summed E-state index contributed by atoms with van der Waals surface area (Å²) in [5.74, 6) is -0.761. The Morgan fingerprint density at radius 1 is 1.25 bits per heavy atom. The molecule has 0 saturated carbocycles. The summed E-state index contributed by atoms with van der Waals surface area (Å²) in [4.78, 5) is 20.7. The van der Waals surface area contributed by atoms with E-state index < -0.39 is 12.1 Å². The van der Waals surface area contributed by atoms with Gasteiger partial charge in [-0.15, -0.1) is 11.6 Å². The minimum absolute atomic E-state index is 0.0132. The van der Waals surface area contributed by atoms with Crippen LogP contribution in [-0.4, -0.2) is 38.3 Å². The second-order valence-corrected chi connectivity index (χ2v) is 1.92. The Morgan fingerprint density at radius 3 is 2.33 bits per heavy atom. The molecule has 12 heavy (non-hydrogen) atoms. The highest BCUT2D eigenvalue weighted by Crippen LogP contribution is 1.85. The van der Waals surface area contributed by atoms with Gasteiger partial charge < -0.3 is 14.2 Å². The molecule has 0 spiro atoms. The molecule has 0 heterocycles. The minimum atomic E-state index is -0.808. The molecule has 0 saturated heterocycles. The summed E-state index contributed by atoms with van der Waals surface area (Å²) < 4.78 is 13.0. The fourth-order valence-corrected chi connectivity index (χ4v) is 0.455. The zero-order valence-corrected chi connectivity index (χ0v) is 7.30. The van der Waals surface area contributed by atoms with Crippen LogP contribution in [0.1, 0.15) is 0 Å². The molecule has 0 atom stereocenters. The topological polar surface area (TPSA) is 61.8 Å². The molecule has 0 aromatic carbocycles. The molecule has 0 bridgehead atoms. The smallest absolute Gasteiger partial charge is 0.461 e. The lowest BCUT2D eigenvalue weighted by Crippen LogP contribution is -2.14. The van der Waals surface area contributed by atoms with Crippen LogP contribution in [0.4, 0.5) is 4.79 Å². The maximum atomic E-state index is 10.4. The molecular weight excluding hydrogens is 188 g/mol. The molecule has 0 aliphatic carbocycles. The van der Waals surface area contributed by atoms with Gasteiger partial charge in [-0.3, -0.25) is 4.79 Å². The van der Waals surface area contributed by atoms with Crippen molar-refractivity contribution in [3.05, 3.63) is 0 Å². The van der Waals surface area contributed by atoms with Gasteiger partial charge in [-0.25, -0.2) is 4.79 Å². The van der Waals surface area contributed by atoms with Gasteiger partial charge in [-0.2, -0.15) is 0 Å². The molecule has 0 aliphatic heterocycles. The van der Waals surface area contributed by atoms with E-state index in [0.29, 0.717) is 0 Å². The fraction of sp³-hybridized carbons (Fsp3) is 0.667. The van der Waals surface area contributed by atoms with Gasteiger partial charge >= 0.3 is 12.1 Å². The molecule has 70 valence electrons. The van der Waals surface area contributed by atoms with Crippen molar-refractivity contribution >= 4 is 23.7 Å². The molecule has 6 heteroatoms. The number of hydrogen-bond acceptors (Lipinski definition) is 5. The maximum Gasteiger partial charge on any atom is 0.508 e. The van der Waals surface area contributed by atoms with Gasteiger partial charge in [-0.1, -0.05) is 0 Å². The van der Waals surface area contributed by atoms with Crippen molar-refractivity contribution in [3.63, 3.8) is 0 Å². The number of ether oxygens (including phenoxy) is 3. The van der Waals surface area contributed by atoms with Crippen molar-refractivity contribution in [1.82, 2.24) is 0 Å². The van der Waals surface area contributed by atoms with Crippen LogP contribution in [-0.2, 0) is 19.0 Å². The Hall–Kier alpha value is -0.970. The highest BCUT2D eigenvalue weighted by molar-refractivity contribution is 6.26. The second kappa shape index (κ2) is 6.72. The van der Waals surface area contributed by atoms with Crippen molar-refractivity contribution in [2.75, 3.05) is 26.2 Å². The van der Waals surface area contributed by atoms with E-state index in [1.807, 2.05) is 0 Å². The highest BCUT2D eigenvalue weighted by atomic mass is 35.5. The van der Waals surface area contributed by atoms with Gasteiger partial charge in [0.1, 0.15) is 19.1 Å². The van der Waals surface area contributed by atoms with Gasteiger partial charge in [0.2, 0.25) is 0 Å². The summed E-state index contributed by atoms with van der Waals surface area (Å²) in [6.07, 6.45) is -0.808. The van der Waals surface area contributed by atoms with Gasteiger partial charge in [0.15, 0.2) is 0 Å². The normalized spacial score (nSPS) is 8.83. The van der Waals surface area contributed by atoms with Crippen LogP contribution in [0.3, 0.4) is 0 Å². The quantitative estimate of drug-likeness (QED) is 0.373. The highest BCUT2D eigenvalue weighted by Gasteiger charge is 2.02. The van der Waals surface area contributed by atoms with E-state index >= 15 is 0 Å². The third-order valence-electron chi connectivity index (χ3n) is 0.842. The molecule has 0 fully saturated rings. The molecule has 0 rings (SSSR count). The van der Waals surface area contributed by atoms with E-state index in [1.165, 1.54) is 7.11 Å².